The molecule has 1 saturated heterocycles. The van der Waals surface area contributed by atoms with Crippen molar-refractivity contribution in [3.05, 3.63) is 29.3 Å². The van der Waals surface area contributed by atoms with E-state index in [0.717, 1.165) is 24.3 Å². The summed E-state index contributed by atoms with van der Waals surface area (Å²) >= 11 is 1.72. The quantitative estimate of drug-likeness (QED) is 0.800. The highest BCUT2D eigenvalue weighted by molar-refractivity contribution is 7.99. The number of aliphatic hydroxyl groups is 1. The smallest absolute Gasteiger partial charge is 0.319 e. The van der Waals surface area contributed by atoms with Crippen LogP contribution in [-0.2, 0) is 6.42 Å². The Balaban J connectivity index is 1.88. The van der Waals surface area contributed by atoms with Crippen LogP contribution in [0.5, 0.6) is 0 Å². The number of rotatable bonds is 4. The molecule has 0 saturated carbocycles. The molecule has 3 N–H and O–H groups in total. The highest BCUT2D eigenvalue weighted by Gasteiger charge is 2.31. The first-order valence-electron chi connectivity index (χ1n) is 6.97. The Kier molecular flexibility index (Phi) is 4.94. The second kappa shape index (κ2) is 6.50. The van der Waals surface area contributed by atoms with Crippen molar-refractivity contribution >= 4 is 23.5 Å². The van der Waals surface area contributed by atoms with Crippen molar-refractivity contribution in [1.82, 2.24) is 5.32 Å². The molecule has 1 aliphatic heterocycles. The Morgan fingerprint density at radius 1 is 1.50 bits per heavy atom. The van der Waals surface area contributed by atoms with Crippen LogP contribution < -0.4 is 10.6 Å². The first-order chi connectivity index (χ1) is 9.52. The summed E-state index contributed by atoms with van der Waals surface area (Å²) in [6.45, 7) is 4.47. The molecule has 0 spiro atoms. The second-order valence-electron chi connectivity index (χ2n) is 5.33. The van der Waals surface area contributed by atoms with E-state index < -0.39 is 5.60 Å². The molecule has 0 bridgehead atoms. The Morgan fingerprint density at radius 2 is 2.30 bits per heavy atom. The van der Waals surface area contributed by atoms with Crippen molar-refractivity contribution in [1.29, 1.82) is 0 Å². The molecular weight excluding hydrogens is 272 g/mol. The highest BCUT2D eigenvalue weighted by Crippen LogP contribution is 2.27. The maximum atomic E-state index is 11.9. The van der Waals surface area contributed by atoms with Gasteiger partial charge in [0, 0.05) is 18.0 Å². The molecule has 110 valence electrons. The van der Waals surface area contributed by atoms with Gasteiger partial charge in [-0.2, -0.15) is 11.8 Å². The number of benzene rings is 1. The van der Waals surface area contributed by atoms with E-state index in [2.05, 4.69) is 24.5 Å². The van der Waals surface area contributed by atoms with Crippen molar-refractivity contribution < 1.29 is 9.90 Å². The average Bonchev–Trinajstić information content (AvgIpc) is 2.86. The fraction of sp³-hybridized carbons (Fsp3) is 0.533. The Bertz CT molecular complexity index is 485. The second-order valence-corrected chi connectivity index (χ2v) is 6.43. The lowest BCUT2D eigenvalue weighted by Gasteiger charge is -2.21. The monoisotopic (exact) mass is 294 g/mol. The molecule has 2 rings (SSSR count). The number of nitrogens with one attached hydrogen (secondary N) is 2. The molecule has 1 aromatic carbocycles. The van der Waals surface area contributed by atoms with Gasteiger partial charge < -0.3 is 15.7 Å². The van der Waals surface area contributed by atoms with E-state index in [-0.39, 0.29) is 6.03 Å². The maximum absolute atomic E-state index is 11.9. The summed E-state index contributed by atoms with van der Waals surface area (Å²) in [6, 6.07) is 5.64. The topological polar surface area (TPSA) is 61.4 Å². The van der Waals surface area contributed by atoms with E-state index in [9.17, 15) is 9.90 Å². The third-order valence-electron chi connectivity index (χ3n) is 3.65. The first-order valence-corrected chi connectivity index (χ1v) is 8.12. The molecule has 1 aliphatic rings. The largest absolute Gasteiger partial charge is 0.387 e. The van der Waals surface area contributed by atoms with Crippen molar-refractivity contribution in [2.75, 3.05) is 23.4 Å². The third-order valence-corrected chi connectivity index (χ3v) is 4.88. The molecule has 5 heteroatoms. The van der Waals surface area contributed by atoms with E-state index in [1.165, 1.54) is 11.1 Å². The van der Waals surface area contributed by atoms with Gasteiger partial charge in [0.05, 0.1) is 5.60 Å². The summed E-state index contributed by atoms with van der Waals surface area (Å²) < 4.78 is 0. The Hall–Kier alpha value is -1.20. The van der Waals surface area contributed by atoms with Gasteiger partial charge in [0.25, 0.3) is 0 Å². The lowest BCUT2D eigenvalue weighted by Crippen LogP contribution is -2.44. The summed E-state index contributed by atoms with van der Waals surface area (Å²) in [6.07, 6.45) is 1.68. The molecule has 1 aromatic rings. The van der Waals surface area contributed by atoms with Crippen LogP contribution >= 0.6 is 11.8 Å². The Morgan fingerprint density at radius 3 is 2.95 bits per heavy atom. The fourth-order valence-electron chi connectivity index (χ4n) is 2.29. The zero-order chi connectivity index (χ0) is 14.6. The van der Waals surface area contributed by atoms with Gasteiger partial charge in [-0.15, -0.1) is 0 Å². The van der Waals surface area contributed by atoms with Crippen LogP contribution in [0.2, 0.25) is 0 Å². The van der Waals surface area contributed by atoms with Gasteiger partial charge >= 0.3 is 6.03 Å². The summed E-state index contributed by atoms with van der Waals surface area (Å²) in [7, 11) is 0. The van der Waals surface area contributed by atoms with Gasteiger partial charge in [0.2, 0.25) is 0 Å². The normalized spacial score (nSPS) is 21.8. The molecule has 1 atom stereocenters. The predicted octanol–water partition coefficient (Wildman–Crippen LogP) is 2.55. The van der Waals surface area contributed by atoms with Gasteiger partial charge in [0.15, 0.2) is 0 Å². The van der Waals surface area contributed by atoms with Gasteiger partial charge in [-0.05, 0) is 48.8 Å². The van der Waals surface area contributed by atoms with E-state index >= 15 is 0 Å². The van der Waals surface area contributed by atoms with Crippen LogP contribution in [0.15, 0.2) is 18.2 Å². The van der Waals surface area contributed by atoms with Gasteiger partial charge in [-0.1, -0.05) is 13.0 Å². The van der Waals surface area contributed by atoms with E-state index in [4.69, 9.17) is 0 Å². The SMILES string of the molecule is CCc1cc(NC(=O)NCC2(O)CCSC2)ccc1C. The van der Waals surface area contributed by atoms with Crippen LogP contribution in [0.3, 0.4) is 0 Å². The molecule has 1 unspecified atom stereocenters. The number of urea groups is 1. The standard InChI is InChI=1S/C15H22N2O2S/c1-3-12-8-13(5-4-11(12)2)17-14(18)16-9-15(19)6-7-20-10-15/h4-5,8,19H,3,6-7,9-10H2,1-2H3,(H2,16,17,18). The number of hydrogen-bond donors (Lipinski definition) is 3. The van der Waals surface area contributed by atoms with Crippen LogP contribution in [0, 0.1) is 6.92 Å². The molecule has 1 fully saturated rings. The number of amides is 2. The minimum Gasteiger partial charge on any atom is -0.387 e. The number of anilines is 1. The van der Waals surface area contributed by atoms with Crippen molar-refractivity contribution in [2.45, 2.75) is 32.3 Å². The lowest BCUT2D eigenvalue weighted by atomic mass is 10.0. The lowest BCUT2D eigenvalue weighted by molar-refractivity contribution is 0.0706. The Labute approximate surface area is 124 Å². The minimum absolute atomic E-state index is 0.263. The van der Waals surface area contributed by atoms with Crippen molar-refractivity contribution in [3.8, 4) is 0 Å². The zero-order valence-electron chi connectivity index (χ0n) is 12.0. The predicted molar refractivity (Wildman–Crippen MR) is 84.5 cm³/mol. The van der Waals surface area contributed by atoms with Gasteiger partial charge in [-0.3, -0.25) is 0 Å². The fourth-order valence-corrected chi connectivity index (χ4v) is 3.58. The maximum Gasteiger partial charge on any atom is 0.319 e. The minimum atomic E-state index is -0.746. The zero-order valence-corrected chi connectivity index (χ0v) is 12.8. The number of carbonyl (C=O) groups is 1. The van der Waals surface area contributed by atoms with E-state index in [0.29, 0.717) is 12.3 Å². The van der Waals surface area contributed by atoms with Crippen LogP contribution in [0.1, 0.15) is 24.5 Å². The van der Waals surface area contributed by atoms with Crippen molar-refractivity contribution in [2.24, 2.45) is 0 Å². The summed E-state index contributed by atoms with van der Waals surface area (Å²) in [4.78, 5) is 11.9. The van der Waals surface area contributed by atoms with Gasteiger partial charge in [-0.25, -0.2) is 4.79 Å². The van der Waals surface area contributed by atoms with E-state index in [1.54, 1.807) is 11.8 Å². The molecule has 0 aliphatic carbocycles. The molecule has 0 aromatic heterocycles. The summed E-state index contributed by atoms with van der Waals surface area (Å²) in [5.41, 5.74) is 2.51. The molecule has 0 radical (unpaired) electrons. The first kappa shape index (κ1) is 15.2. The number of carbonyl (C=O) groups excluding carboxylic acids is 1. The van der Waals surface area contributed by atoms with E-state index in [1.807, 2.05) is 18.2 Å². The molecule has 2 amide bonds. The summed E-state index contributed by atoms with van der Waals surface area (Å²) in [5, 5.41) is 15.7. The van der Waals surface area contributed by atoms with Crippen LogP contribution in [-0.4, -0.2) is 34.8 Å². The molecule has 1 heterocycles. The number of thioether (sulfide) groups is 1. The molecule has 4 nitrogen and oxygen atoms in total. The van der Waals surface area contributed by atoms with Crippen molar-refractivity contribution in [3.63, 3.8) is 0 Å². The molecule has 20 heavy (non-hydrogen) atoms. The molecular formula is C15H22N2O2S. The average molecular weight is 294 g/mol. The van der Waals surface area contributed by atoms with Crippen LogP contribution in [0.25, 0.3) is 0 Å². The number of hydrogen-bond acceptors (Lipinski definition) is 3. The number of aryl methyl sites for hydroxylation is 2. The van der Waals surface area contributed by atoms with Crippen LogP contribution in [0.4, 0.5) is 10.5 Å². The van der Waals surface area contributed by atoms with Gasteiger partial charge in [0.1, 0.15) is 0 Å². The highest BCUT2D eigenvalue weighted by atomic mass is 32.2. The summed E-state index contributed by atoms with van der Waals surface area (Å²) in [5.74, 6) is 1.65. The third kappa shape index (κ3) is 3.90.